The Bertz CT molecular complexity index is 677. The zero-order valence-corrected chi connectivity index (χ0v) is 15.8. The third-order valence-electron chi connectivity index (χ3n) is 4.75. The molecular formula is C18H25ClN2O2S. The van der Waals surface area contributed by atoms with Crippen LogP contribution in [-0.4, -0.2) is 44.7 Å². The number of methoxy groups -OCH3 is 1. The van der Waals surface area contributed by atoms with Crippen molar-refractivity contribution in [1.82, 2.24) is 10.2 Å². The highest BCUT2D eigenvalue weighted by Gasteiger charge is 2.41. The minimum absolute atomic E-state index is 0. The second kappa shape index (κ2) is 8.30. The van der Waals surface area contributed by atoms with Gasteiger partial charge in [0.25, 0.3) is 0 Å². The number of carbonyl (C=O) groups excluding carboxylic acids is 1. The summed E-state index contributed by atoms with van der Waals surface area (Å²) >= 11 is 1.74. The van der Waals surface area contributed by atoms with Gasteiger partial charge >= 0.3 is 0 Å². The first-order valence-corrected chi connectivity index (χ1v) is 8.94. The summed E-state index contributed by atoms with van der Waals surface area (Å²) in [5.41, 5.74) is 0.851. The van der Waals surface area contributed by atoms with Crippen LogP contribution in [0.2, 0.25) is 0 Å². The van der Waals surface area contributed by atoms with E-state index in [1.807, 2.05) is 11.9 Å². The van der Waals surface area contributed by atoms with Gasteiger partial charge in [0, 0.05) is 25.4 Å². The third-order valence-corrected chi connectivity index (χ3v) is 5.76. The van der Waals surface area contributed by atoms with Crippen LogP contribution in [0.25, 0.3) is 10.1 Å². The largest absolute Gasteiger partial charge is 0.384 e. The fraction of sp³-hybridized carbons (Fsp3) is 0.500. The number of benzene rings is 1. The van der Waals surface area contributed by atoms with Gasteiger partial charge in [-0.05, 0) is 48.3 Å². The van der Waals surface area contributed by atoms with Gasteiger partial charge in [-0.1, -0.05) is 18.2 Å². The monoisotopic (exact) mass is 368 g/mol. The van der Waals surface area contributed by atoms with E-state index in [0.29, 0.717) is 13.2 Å². The lowest BCUT2D eigenvalue weighted by Gasteiger charge is -2.38. The molecule has 24 heavy (non-hydrogen) atoms. The van der Waals surface area contributed by atoms with Crippen molar-refractivity contribution in [2.45, 2.75) is 19.4 Å². The predicted molar refractivity (Wildman–Crippen MR) is 102 cm³/mol. The number of hydrogen-bond acceptors (Lipinski definition) is 4. The topological polar surface area (TPSA) is 41.6 Å². The number of fused-ring (bicyclic) bond motifs is 1. The van der Waals surface area contributed by atoms with Crippen molar-refractivity contribution in [3.63, 3.8) is 0 Å². The number of ether oxygens (including phenoxy) is 1. The molecule has 1 aliphatic heterocycles. The normalized spacial score (nSPS) is 16.6. The van der Waals surface area contributed by atoms with Crippen LogP contribution in [0.5, 0.6) is 0 Å². The standard InChI is InChI=1S/C18H24N2O2S.ClH/c1-20(11-14-12-23-16-6-4-3-5-15(14)16)17(21)18(13-22-2)7-9-19-10-8-18;/h3-6,12,19H,7-11,13H2,1-2H3;1H. The Balaban J connectivity index is 0.00000208. The van der Waals surface area contributed by atoms with Gasteiger partial charge in [-0.15, -0.1) is 23.7 Å². The lowest BCUT2D eigenvalue weighted by atomic mass is 9.78. The quantitative estimate of drug-likeness (QED) is 0.880. The van der Waals surface area contributed by atoms with Gasteiger partial charge in [0.05, 0.1) is 12.0 Å². The van der Waals surface area contributed by atoms with Crippen molar-refractivity contribution in [2.24, 2.45) is 5.41 Å². The zero-order chi connectivity index (χ0) is 16.3. The summed E-state index contributed by atoms with van der Waals surface area (Å²) in [6.07, 6.45) is 1.68. The van der Waals surface area contributed by atoms with Crippen LogP contribution in [0.15, 0.2) is 29.6 Å². The third kappa shape index (κ3) is 3.75. The highest BCUT2D eigenvalue weighted by Crippen LogP contribution is 2.33. The second-order valence-corrected chi connectivity index (χ2v) is 7.29. The lowest BCUT2D eigenvalue weighted by molar-refractivity contribution is -0.146. The number of halogens is 1. The molecule has 0 bridgehead atoms. The van der Waals surface area contributed by atoms with Gasteiger partial charge in [0.1, 0.15) is 0 Å². The summed E-state index contributed by atoms with van der Waals surface area (Å²) in [6, 6.07) is 8.37. The molecule has 2 aromatic rings. The van der Waals surface area contributed by atoms with Crippen molar-refractivity contribution in [1.29, 1.82) is 0 Å². The van der Waals surface area contributed by atoms with E-state index in [0.717, 1.165) is 25.9 Å². The lowest BCUT2D eigenvalue weighted by Crippen LogP contribution is -2.50. The van der Waals surface area contributed by atoms with Crippen LogP contribution in [0.3, 0.4) is 0 Å². The molecule has 0 atom stereocenters. The van der Waals surface area contributed by atoms with Crippen LogP contribution in [0, 0.1) is 5.41 Å². The molecule has 4 nitrogen and oxygen atoms in total. The fourth-order valence-electron chi connectivity index (χ4n) is 3.49. The molecule has 0 aliphatic carbocycles. The van der Waals surface area contributed by atoms with E-state index >= 15 is 0 Å². The number of thiophene rings is 1. The van der Waals surface area contributed by atoms with E-state index in [9.17, 15) is 4.79 Å². The highest BCUT2D eigenvalue weighted by molar-refractivity contribution is 7.17. The summed E-state index contributed by atoms with van der Waals surface area (Å²) < 4.78 is 6.66. The number of rotatable bonds is 5. The Hall–Kier alpha value is -1.14. The molecule has 6 heteroatoms. The van der Waals surface area contributed by atoms with Crippen LogP contribution >= 0.6 is 23.7 Å². The SMILES string of the molecule is COCC1(C(=O)N(C)Cc2csc3ccccc23)CCNCC1.Cl. The molecule has 2 heterocycles. The van der Waals surface area contributed by atoms with Gasteiger partial charge < -0.3 is 15.0 Å². The fourth-order valence-corrected chi connectivity index (χ4v) is 4.44. The first-order chi connectivity index (χ1) is 11.2. The number of hydrogen-bond donors (Lipinski definition) is 1. The van der Waals surface area contributed by atoms with Gasteiger partial charge in [0.15, 0.2) is 0 Å². The number of amides is 1. The Morgan fingerprint density at radius 1 is 1.33 bits per heavy atom. The molecule has 1 saturated heterocycles. The number of nitrogens with one attached hydrogen (secondary N) is 1. The minimum atomic E-state index is -0.374. The van der Waals surface area contributed by atoms with Gasteiger partial charge in [-0.3, -0.25) is 4.79 Å². The van der Waals surface area contributed by atoms with Crippen LogP contribution in [0.4, 0.5) is 0 Å². The summed E-state index contributed by atoms with van der Waals surface area (Å²) in [5.74, 6) is 0.205. The van der Waals surface area contributed by atoms with Crippen LogP contribution < -0.4 is 5.32 Å². The maximum absolute atomic E-state index is 13.1. The second-order valence-electron chi connectivity index (χ2n) is 6.38. The first kappa shape index (κ1) is 19.2. The summed E-state index contributed by atoms with van der Waals surface area (Å²) in [7, 11) is 3.59. The molecule has 3 rings (SSSR count). The summed E-state index contributed by atoms with van der Waals surface area (Å²) in [4.78, 5) is 15.0. The number of piperidine rings is 1. The first-order valence-electron chi connectivity index (χ1n) is 8.07. The van der Waals surface area contributed by atoms with E-state index < -0.39 is 0 Å². The smallest absolute Gasteiger partial charge is 0.231 e. The maximum atomic E-state index is 13.1. The van der Waals surface area contributed by atoms with E-state index in [-0.39, 0.29) is 23.7 Å². The van der Waals surface area contributed by atoms with Gasteiger partial charge in [-0.2, -0.15) is 0 Å². The number of carbonyl (C=O) groups is 1. The summed E-state index contributed by atoms with van der Waals surface area (Å²) in [5, 5.41) is 6.76. The van der Waals surface area contributed by atoms with Gasteiger partial charge in [0.2, 0.25) is 5.91 Å². The van der Waals surface area contributed by atoms with E-state index in [1.54, 1.807) is 18.4 Å². The zero-order valence-electron chi connectivity index (χ0n) is 14.2. The molecule has 0 unspecified atom stereocenters. The molecule has 1 N–H and O–H groups in total. The molecule has 1 amide bonds. The predicted octanol–water partition coefficient (Wildman–Crippen LogP) is 3.30. The molecule has 132 valence electrons. The Morgan fingerprint density at radius 2 is 2.04 bits per heavy atom. The van der Waals surface area contributed by atoms with Crippen LogP contribution in [0.1, 0.15) is 18.4 Å². The Kier molecular flexibility index (Phi) is 6.63. The average Bonchev–Trinajstić information content (AvgIpc) is 2.98. The highest BCUT2D eigenvalue weighted by atomic mass is 35.5. The van der Waals surface area contributed by atoms with Crippen LogP contribution in [-0.2, 0) is 16.1 Å². The summed E-state index contributed by atoms with van der Waals surface area (Å²) in [6.45, 7) is 2.92. The van der Waals surface area contributed by atoms with Crippen molar-refractivity contribution in [3.05, 3.63) is 35.2 Å². The molecule has 1 aliphatic rings. The molecule has 0 radical (unpaired) electrons. The molecule has 0 saturated carbocycles. The Labute approximate surface area is 153 Å². The average molecular weight is 369 g/mol. The van der Waals surface area contributed by atoms with E-state index in [1.165, 1.54) is 15.6 Å². The molecule has 1 fully saturated rings. The molecule has 1 aromatic heterocycles. The Morgan fingerprint density at radius 3 is 2.75 bits per heavy atom. The van der Waals surface area contributed by atoms with E-state index in [2.05, 4.69) is 35.0 Å². The number of nitrogens with zero attached hydrogens (tertiary/aromatic N) is 1. The molecule has 1 aromatic carbocycles. The van der Waals surface area contributed by atoms with Crippen molar-refractivity contribution in [3.8, 4) is 0 Å². The van der Waals surface area contributed by atoms with Crippen molar-refractivity contribution < 1.29 is 9.53 Å². The van der Waals surface area contributed by atoms with Crippen molar-refractivity contribution >= 4 is 39.7 Å². The maximum Gasteiger partial charge on any atom is 0.231 e. The van der Waals surface area contributed by atoms with Gasteiger partial charge in [-0.25, -0.2) is 0 Å². The molecular weight excluding hydrogens is 344 g/mol. The van der Waals surface area contributed by atoms with Crippen molar-refractivity contribution in [2.75, 3.05) is 33.9 Å². The minimum Gasteiger partial charge on any atom is -0.384 e. The van der Waals surface area contributed by atoms with E-state index in [4.69, 9.17) is 4.74 Å². The molecule has 0 spiro atoms.